The zero-order chi connectivity index (χ0) is 14.2. The molecule has 2 heterocycles. The van der Waals surface area contributed by atoms with E-state index >= 15 is 0 Å². The molecule has 1 aliphatic heterocycles. The average Bonchev–Trinajstić information content (AvgIpc) is 2.75. The van der Waals surface area contributed by atoms with E-state index in [1.54, 1.807) is 0 Å². The minimum Gasteiger partial charge on any atom is -0.381 e. The first-order chi connectivity index (χ1) is 9.63. The Kier molecular flexibility index (Phi) is 3.36. The zero-order valence-corrected chi connectivity index (χ0v) is 12.3. The molecule has 5 heteroatoms. The summed E-state index contributed by atoms with van der Waals surface area (Å²) in [6.45, 7) is 4.78. The highest BCUT2D eigenvalue weighted by Crippen LogP contribution is 2.33. The van der Waals surface area contributed by atoms with E-state index in [9.17, 15) is 5.26 Å². The lowest BCUT2D eigenvalue weighted by atomic mass is 9.82. The first kappa shape index (κ1) is 13.3. The Morgan fingerprint density at radius 3 is 2.90 bits per heavy atom. The van der Waals surface area contributed by atoms with Crippen molar-refractivity contribution in [1.82, 2.24) is 9.55 Å². The quantitative estimate of drug-likeness (QED) is 0.861. The molecule has 1 aliphatic rings. The number of rotatable bonds is 2. The van der Waals surface area contributed by atoms with Gasteiger partial charge in [-0.2, -0.15) is 5.26 Å². The lowest BCUT2D eigenvalue weighted by Gasteiger charge is -2.33. The van der Waals surface area contributed by atoms with Crippen LogP contribution in [0.25, 0.3) is 11.0 Å². The lowest BCUT2D eigenvalue weighted by molar-refractivity contribution is 0.0159. The molecule has 0 spiro atoms. The van der Waals surface area contributed by atoms with Crippen LogP contribution >= 0.6 is 12.2 Å². The van der Waals surface area contributed by atoms with Gasteiger partial charge >= 0.3 is 0 Å². The number of hydrogen-bond acceptors (Lipinski definition) is 3. The average molecular weight is 287 g/mol. The van der Waals surface area contributed by atoms with Crippen LogP contribution in [0.1, 0.15) is 25.3 Å². The van der Waals surface area contributed by atoms with Gasteiger partial charge in [-0.05, 0) is 42.6 Å². The van der Waals surface area contributed by atoms with Crippen molar-refractivity contribution in [2.75, 3.05) is 13.2 Å². The molecule has 0 saturated carbocycles. The van der Waals surface area contributed by atoms with Crippen LogP contribution in [0.3, 0.4) is 0 Å². The van der Waals surface area contributed by atoms with Crippen molar-refractivity contribution in [2.45, 2.75) is 26.3 Å². The van der Waals surface area contributed by atoms with Crippen molar-refractivity contribution in [3.63, 3.8) is 0 Å². The number of nitrogens with one attached hydrogen (secondary N) is 1. The molecule has 1 N–H and O–H groups in total. The number of ether oxygens (including phenoxy) is 1. The van der Waals surface area contributed by atoms with Crippen LogP contribution in [0.15, 0.2) is 18.2 Å². The van der Waals surface area contributed by atoms with Gasteiger partial charge in [0.2, 0.25) is 0 Å². The van der Waals surface area contributed by atoms with E-state index in [2.05, 4.69) is 22.5 Å². The number of nitrogens with zero attached hydrogens (tertiary/aromatic N) is 2. The van der Waals surface area contributed by atoms with Crippen molar-refractivity contribution in [1.29, 1.82) is 5.26 Å². The Morgan fingerprint density at radius 1 is 1.45 bits per heavy atom. The number of para-hydroxylation sites is 1. The molecule has 3 rings (SSSR count). The van der Waals surface area contributed by atoms with Gasteiger partial charge in [-0.25, -0.2) is 0 Å². The second-order valence-electron chi connectivity index (χ2n) is 5.75. The summed E-state index contributed by atoms with van der Waals surface area (Å²) in [6, 6.07) is 7.95. The summed E-state index contributed by atoms with van der Waals surface area (Å²) in [7, 11) is 0. The first-order valence-corrected chi connectivity index (χ1v) is 7.23. The second-order valence-corrected chi connectivity index (χ2v) is 6.14. The molecule has 104 valence electrons. The fourth-order valence-electron chi connectivity index (χ4n) is 2.83. The maximum Gasteiger partial charge on any atom is 0.178 e. The summed E-state index contributed by atoms with van der Waals surface area (Å²) in [5.74, 6) is 0. The van der Waals surface area contributed by atoms with Gasteiger partial charge in [0.1, 0.15) is 6.07 Å². The van der Waals surface area contributed by atoms with Crippen molar-refractivity contribution in [3.05, 3.63) is 28.5 Å². The molecule has 1 aromatic heterocycles. The lowest BCUT2D eigenvalue weighted by Crippen LogP contribution is -2.31. The summed E-state index contributed by atoms with van der Waals surface area (Å²) >= 11 is 5.45. The highest BCUT2D eigenvalue weighted by atomic mass is 32.1. The number of imidazole rings is 1. The van der Waals surface area contributed by atoms with Crippen molar-refractivity contribution < 1.29 is 4.74 Å². The molecule has 20 heavy (non-hydrogen) atoms. The third-order valence-electron chi connectivity index (χ3n) is 4.17. The Labute approximate surface area is 123 Å². The van der Waals surface area contributed by atoms with Crippen LogP contribution < -0.4 is 0 Å². The summed E-state index contributed by atoms with van der Waals surface area (Å²) in [6.07, 6.45) is 2.08. The first-order valence-electron chi connectivity index (χ1n) is 6.82. The van der Waals surface area contributed by atoms with Gasteiger partial charge in [-0.3, -0.25) is 0 Å². The maximum absolute atomic E-state index is 9.18. The van der Waals surface area contributed by atoms with E-state index in [1.807, 2.05) is 18.2 Å². The molecule has 1 saturated heterocycles. The van der Waals surface area contributed by atoms with Crippen molar-refractivity contribution in [3.8, 4) is 6.07 Å². The second kappa shape index (κ2) is 5.04. The van der Waals surface area contributed by atoms with Crippen LogP contribution in [0.2, 0.25) is 0 Å². The summed E-state index contributed by atoms with van der Waals surface area (Å²) in [5, 5.41) is 9.18. The van der Waals surface area contributed by atoms with E-state index in [4.69, 9.17) is 17.0 Å². The molecule has 0 radical (unpaired) electrons. The Hall–Kier alpha value is -1.64. The molecule has 1 aromatic carbocycles. The summed E-state index contributed by atoms with van der Waals surface area (Å²) in [5.41, 5.74) is 2.70. The molecular weight excluding hydrogens is 270 g/mol. The fraction of sp³-hybridized carbons (Fsp3) is 0.467. The SMILES string of the molecule is CC1(Cn2c(=S)[nH]c3c(C#N)cccc32)CCOCC1. The van der Waals surface area contributed by atoms with E-state index in [0.29, 0.717) is 10.3 Å². The van der Waals surface area contributed by atoms with Gasteiger partial charge in [-0.1, -0.05) is 13.0 Å². The monoisotopic (exact) mass is 287 g/mol. The molecule has 0 amide bonds. The van der Waals surface area contributed by atoms with Crippen molar-refractivity contribution in [2.24, 2.45) is 5.41 Å². The largest absolute Gasteiger partial charge is 0.381 e. The molecule has 0 aliphatic carbocycles. The van der Waals surface area contributed by atoms with Crippen molar-refractivity contribution >= 4 is 23.3 Å². The van der Waals surface area contributed by atoms with Gasteiger partial charge in [0, 0.05) is 19.8 Å². The molecular formula is C15H17N3OS. The smallest absolute Gasteiger partial charge is 0.178 e. The molecule has 0 atom stereocenters. The van der Waals surface area contributed by atoms with Gasteiger partial charge in [-0.15, -0.1) is 0 Å². The molecule has 0 unspecified atom stereocenters. The number of nitriles is 1. The Morgan fingerprint density at radius 2 is 2.20 bits per heavy atom. The number of H-pyrrole nitrogens is 1. The predicted octanol–water partition coefficient (Wildman–Crippen LogP) is 3.39. The number of aromatic amines is 1. The topological polar surface area (TPSA) is 53.7 Å². The zero-order valence-electron chi connectivity index (χ0n) is 11.5. The van der Waals surface area contributed by atoms with Crippen LogP contribution in [0.4, 0.5) is 0 Å². The summed E-state index contributed by atoms with van der Waals surface area (Å²) < 4.78 is 8.26. The number of benzene rings is 1. The van der Waals surface area contributed by atoms with E-state index < -0.39 is 0 Å². The van der Waals surface area contributed by atoms with Gasteiger partial charge in [0.15, 0.2) is 4.77 Å². The van der Waals surface area contributed by atoms with Crippen LogP contribution in [0, 0.1) is 21.5 Å². The van der Waals surface area contributed by atoms with Crippen LogP contribution in [-0.4, -0.2) is 22.8 Å². The van der Waals surface area contributed by atoms with E-state index in [1.165, 1.54) is 0 Å². The predicted molar refractivity (Wildman–Crippen MR) is 80.0 cm³/mol. The normalized spacial score (nSPS) is 18.0. The number of aromatic nitrogens is 2. The Bertz CT molecular complexity index is 732. The van der Waals surface area contributed by atoms with Gasteiger partial charge in [0.25, 0.3) is 0 Å². The summed E-state index contributed by atoms with van der Waals surface area (Å²) in [4.78, 5) is 3.18. The standard InChI is InChI=1S/C15H17N3OS/c1-15(5-7-19-8-6-15)10-18-12-4-2-3-11(9-16)13(12)17-14(18)20/h2-4H,5-8,10H2,1H3,(H,17,20). The number of hydrogen-bond donors (Lipinski definition) is 1. The molecule has 0 bridgehead atoms. The molecule has 4 nitrogen and oxygen atoms in total. The van der Waals surface area contributed by atoms with Crippen LogP contribution in [0.5, 0.6) is 0 Å². The highest BCUT2D eigenvalue weighted by Gasteiger charge is 2.28. The van der Waals surface area contributed by atoms with Gasteiger partial charge < -0.3 is 14.3 Å². The molecule has 2 aromatic rings. The highest BCUT2D eigenvalue weighted by molar-refractivity contribution is 7.71. The third-order valence-corrected chi connectivity index (χ3v) is 4.49. The molecule has 1 fully saturated rings. The third kappa shape index (κ3) is 2.26. The van der Waals surface area contributed by atoms with E-state index in [0.717, 1.165) is 43.6 Å². The minimum atomic E-state index is 0.203. The van der Waals surface area contributed by atoms with Gasteiger partial charge in [0.05, 0.1) is 16.6 Å². The number of fused-ring (bicyclic) bond motifs is 1. The van der Waals surface area contributed by atoms with Crippen LogP contribution in [-0.2, 0) is 11.3 Å². The Balaban J connectivity index is 2.06. The minimum absolute atomic E-state index is 0.203. The van der Waals surface area contributed by atoms with E-state index in [-0.39, 0.29) is 5.41 Å². The fourth-order valence-corrected chi connectivity index (χ4v) is 3.10. The maximum atomic E-state index is 9.18.